The molecule has 0 saturated carbocycles. The van der Waals surface area contributed by atoms with E-state index in [1.165, 1.54) is 12.1 Å². The van der Waals surface area contributed by atoms with Crippen molar-refractivity contribution in [3.63, 3.8) is 0 Å². The van der Waals surface area contributed by atoms with Gasteiger partial charge in [0.2, 0.25) is 0 Å². The maximum Gasteiger partial charge on any atom is 0.271 e. The highest BCUT2D eigenvalue weighted by Crippen LogP contribution is 2.37. The smallest absolute Gasteiger partial charge is 0.271 e. The van der Waals surface area contributed by atoms with Gasteiger partial charge in [0.15, 0.2) is 0 Å². The van der Waals surface area contributed by atoms with E-state index in [1.54, 1.807) is 0 Å². The van der Waals surface area contributed by atoms with Crippen LogP contribution in [-0.4, -0.2) is 17.4 Å². The molecule has 3 N–H and O–H groups in total. The highest BCUT2D eigenvalue weighted by molar-refractivity contribution is 9.11. The molecule has 0 fully saturated rings. The fourth-order valence-corrected chi connectivity index (χ4v) is 2.44. The predicted octanol–water partition coefficient (Wildman–Crippen LogP) is 2.82. The van der Waals surface area contributed by atoms with Crippen molar-refractivity contribution >= 4 is 43.4 Å². The molecule has 1 aromatic rings. The molecule has 0 aliphatic rings. The van der Waals surface area contributed by atoms with Crippen LogP contribution in [-0.2, 0) is 0 Å². The Morgan fingerprint density at radius 3 is 2.41 bits per heavy atom. The van der Waals surface area contributed by atoms with Crippen LogP contribution in [0.2, 0.25) is 0 Å². The van der Waals surface area contributed by atoms with Crippen molar-refractivity contribution < 1.29 is 9.66 Å². The zero-order chi connectivity index (χ0) is 13.0. The van der Waals surface area contributed by atoms with E-state index in [4.69, 9.17) is 15.9 Å². The first kappa shape index (κ1) is 13.9. The Morgan fingerprint density at radius 2 is 2.00 bits per heavy atom. The Balaban J connectivity index is 2.86. The van der Waals surface area contributed by atoms with Gasteiger partial charge in [-0.1, -0.05) is 0 Å². The van der Waals surface area contributed by atoms with Gasteiger partial charge in [-0.25, -0.2) is 0 Å². The first-order valence-corrected chi connectivity index (χ1v) is 6.09. The summed E-state index contributed by atoms with van der Waals surface area (Å²) in [6.07, 6.45) is 0.301. The van der Waals surface area contributed by atoms with Crippen molar-refractivity contribution in [2.45, 2.75) is 6.42 Å². The molecule has 0 aromatic heterocycles. The topological polar surface area (TPSA) is 102 Å². The molecule has 0 radical (unpaired) electrons. The number of nitrogens with two attached hydrogens (primary N) is 1. The molecular formula is C9H9Br2N3O3. The lowest BCUT2D eigenvalue weighted by Gasteiger charge is -2.09. The molecule has 0 unspecified atom stereocenters. The molecule has 0 saturated heterocycles. The number of nitro benzene ring substituents is 1. The fraction of sp³-hybridized carbons (Fsp3) is 0.222. The number of benzene rings is 1. The molecule has 6 nitrogen and oxygen atoms in total. The van der Waals surface area contributed by atoms with Gasteiger partial charge in [0.1, 0.15) is 5.75 Å². The van der Waals surface area contributed by atoms with E-state index >= 15 is 0 Å². The number of non-ortho nitro benzene ring substituents is 1. The molecular weight excluding hydrogens is 358 g/mol. The fourth-order valence-electron chi connectivity index (χ4n) is 1.05. The number of nitro groups is 1. The van der Waals surface area contributed by atoms with Crippen LogP contribution in [0.1, 0.15) is 6.42 Å². The molecule has 0 heterocycles. The molecule has 0 amide bonds. The van der Waals surface area contributed by atoms with Gasteiger partial charge >= 0.3 is 0 Å². The van der Waals surface area contributed by atoms with Gasteiger partial charge in [-0.15, -0.1) is 0 Å². The quantitative estimate of drug-likeness (QED) is 0.362. The van der Waals surface area contributed by atoms with Gasteiger partial charge in [0.25, 0.3) is 5.69 Å². The summed E-state index contributed by atoms with van der Waals surface area (Å²) in [5.74, 6) is 0.482. The van der Waals surface area contributed by atoms with E-state index < -0.39 is 4.92 Å². The SMILES string of the molecule is N=C(N)CCOc1c(Br)cc([N+](=O)[O-])cc1Br. The van der Waals surface area contributed by atoms with E-state index in [9.17, 15) is 10.1 Å². The minimum absolute atomic E-state index is 0.0270. The lowest BCUT2D eigenvalue weighted by Crippen LogP contribution is -2.14. The van der Waals surface area contributed by atoms with Crippen LogP contribution in [0.4, 0.5) is 5.69 Å². The van der Waals surface area contributed by atoms with Crippen molar-refractivity contribution in [3.05, 3.63) is 31.2 Å². The number of amidine groups is 1. The lowest BCUT2D eigenvalue weighted by atomic mass is 10.3. The minimum Gasteiger partial charge on any atom is -0.491 e. The second-order valence-corrected chi connectivity index (χ2v) is 4.83. The third-order valence-electron chi connectivity index (χ3n) is 1.81. The monoisotopic (exact) mass is 365 g/mol. The molecule has 92 valence electrons. The standard InChI is InChI=1S/C9H9Br2N3O3/c10-6-3-5(14(15)16)4-7(11)9(6)17-2-1-8(12)13/h3-4H,1-2H2,(H3,12,13). The Morgan fingerprint density at radius 1 is 1.47 bits per heavy atom. The summed E-state index contributed by atoms with van der Waals surface area (Å²) in [6.45, 7) is 0.240. The summed E-state index contributed by atoms with van der Waals surface area (Å²) >= 11 is 6.38. The van der Waals surface area contributed by atoms with Gasteiger partial charge < -0.3 is 10.5 Å². The van der Waals surface area contributed by atoms with E-state index in [0.717, 1.165) is 0 Å². The maximum atomic E-state index is 10.6. The highest BCUT2D eigenvalue weighted by atomic mass is 79.9. The summed E-state index contributed by atoms with van der Waals surface area (Å²) in [5.41, 5.74) is 5.15. The summed E-state index contributed by atoms with van der Waals surface area (Å²) in [5, 5.41) is 17.6. The Bertz CT molecular complexity index is 442. The van der Waals surface area contributed by atoms with Crippen molar-refractivity contribution in [3.8, 4) is 5.75 Å². The van der Waals surface area contributed by atoms with Crippen molar-refractivity contribution in [2.24, 2.45) is 5.73 Å². The third kappa shape index (κ3) is 3.97. The predicted molar refractivity (Wildman–Crippen MR) is 70.5 cm³/mol. The first-order valence-electron chi connectivity index (χ1n) is 4.51. The Labute approximate surface area is 114 Å². The van der Waals surface area contributed by atoms with Gasteiger partial charge in [-0.05, 0) is 31.9 Å². The normalized spacial score (nSPS) is 10.0. The third-order valence-corrected chi connectivity index (χ3v) is 2.99. The molecule has 0 spiro atoms. The number of ether oxygens (including phenoxy) is 1. The molecule has 1 rings (SSSR count). The number of hydrogen-bond donors (Lipinski definition) is 2. The summed E-state index contributed by atoms with van der Waals surface area (Å²) < 4.78 is 6.32. The zero-order valence-corrected chi connectivity index (χ0v) is 11.7. The second-order valence-electron chi connectivity index (χ2n) is 3.12. The number of nitrogens with zero attached hydrogens (tertiary/aromatic N) is 1. The molecule has 8 heteroatoms. The number of hydrogen-bond acceptors (Lipinski definition) is 4. The molecule has 0 bridgehead atoms. The average Bonchev–Trinajstić information content (AvgIpc) is 2.21. The Hall–Kier alpha value is -1.15. The summed E-state index contributed by atoms with van der Waals surface area (Å²) in [7, 11) is 0. The number of nitrogens with one attached hydrogen (secondary N) is 1. The maximum absolute atomic E-state index is 10.6. The van der Waals surface area contributed by atoms with Crippen LogP contribution in [0, 0.1) is 15.5 Å². The van der Waals surface area contributed by atoms with E-state index in [-0.39, 0.29) is 18.1 Å². The zero-order valence-electron chi connectivity index (χ0n) is 8.57. The molecule has 1 aromatic carbocycles. The largest absolute Gasteiger partial charge is 0.491 e. The van der Waals surface area contributed by atoms with Crippen molar-refractivity contribution in [1.29, 1.82) is 5.41 Å². The van der Waals surface area contributed by atoms with Crippen molar-refractivity contribution in [2.75, 3.05) is 6.61 Å². The molecule has 17 heavy (non-hydrogen) atoms. The van der Waals surface area contributed by atoms with Crippen LogP contribution >= 0.6 is 31.9 Å². The number of rotatable bonds is 5. The van der Waals surface area contributed by atoms with Crippen LogP contribution in [0.15, 0.2) is 21.1 Å². The lowest BCUT2D eigenvalue weighted by molar-refractivity contribution is -0.385. The van der Waals surface area contributed by atoms with Crippen LogP contribution < -0.4 is 10.5 Å². The first-order chi connectivity index (χ1) is 7.91. The summed E-state index contributed by atoms with van der Waals surface area (Å²) in [6, 6.07) is 2.71. The average molecular weight is 367 g/mol. The number of halogens is 2. The van der Waals surface area contributed by atoms with Crippen molar-refractivity contribution in [1.82, 2.24) is 0 Å². The van der Waals surface area contributed by atoms with Gasteiger partial charge in [-0.2, -0.15) is 0 Å². The Kier molecular flexibility index (Phi) is 4.88. The van der Waals surface area contributed by atoms with Gasteiger partial charge in [-0.3, -0.25) is 15.5 Å². The highest BCUT2D eigenvalue weighted by Gasteiger charge is 2.14. The van der Waals surface area contributed by atoms with Crippen LogP contribution in [0.3, 0.4) is 0 Å². The minimum atomic E-state index is -0.491. The van der Waals surface area contributed by atoms with Gasteiger partial charge in [0, 0.05) is 18.6 Å². The molecule has 0 aliphatic heterocycles. The molecule has 0 aliphatic carbocycles. The van der Waals surface area contributed by atoms with E-state index in [0.29, 0.717) is 21.1 Å². The van der Waals surface area contributed by atoms with Crippen LogP contribution in [0.25, 0.3) is 0 Å². The van der Waals surface area contributed by atoms with Gasteiger partial charge in [0.05, 0.1) is 26.3 Å². The summed E-state index contributed by atoms with van der Waals surface area (Å²) in [4.78, 5) is 10.1. The van der Waals surface area contributed by atoms with E-state index in [1.807, 2.05) is 0 Å². The second kappa shape index (κ2) is 5.97. The van der Waals surface area contributed by atoms with Crippen LogP contribution in [0.5, 0.6) is 5.75 Å². The van der Waals surface area contributed by atoms with E-state index in [2.05, 4.69) is 31.9 Å². The molecule has 0 atom stereocenters.